The van der Waals surface area contributed by atoms with Gasteiger partial charge in [-0.15, -0.1) is 12.4 Å². The van der Waals surface area contributed by atoms with Crippen molar-refractivity contribution in [2.45, 2.75) is 38.5 Å². The first-order valence-electron chi connectivity index (χ1n) is 9.93. The molecule has 0 bridgehead atoms. The number of halogens is 2. The molecule has 3 fully saturated rings. The molecule has 1 N–H and O–H groups in total. The number of hydrogen-bond donors (Lipinski definition) is 1. The molecule has 1 aromatic carbocycles. The quantitative estimate of drug-likeness (QED) is 0.813. The summed E-state index contributed by atoms with van der Waals surface area (Å²) in [6.07, 6.45) is 6.63. The molecule has 1 aliphatic carbocycles. The third kappa shape index (κ3) is 4.38. The van der Waals surface area contributed by atoms with E-state index < -0.39 is 0 Å². The maximum atomic E-state index is 13.1. The van der Waals surface area contributed by atoms with Crippen molar-refractivity contribution in [3.05, 3.63) is 28.8 Å². The standard InChI is InChI=1S/C21H29ClN2O2.ClH/c1-26-19-5-4-17(22)12-16(19)11-15-3-2-10-24(14-15)20(25)18-13-21(18)6-8-23-9-7-21;/h4-5,12,15,18,23H,2-3,6-11,13-14H2,1H3;1H. The van der Waals surface area contributed by atoms with E-state index in [2.05, 4.69) is 10.2 Å². The van der Waals surface area contributed by atoms with E-state index in [1.54, 1.807) is 7.11 Å². The smallest absolute Gasteiger partial charge is 0.226 e. The Morgan fingerprint density at radius 3 is 2.89 bits per heavy atom. The van der Waals surface area contributed by atoms with E-state index in [0.717, 1.165) is 61.8 Å². The molecule has 0 aromatic heterocycles. The summed E-state index contributed by atoms with van der Waals surface area (Å²) >= 11 is 6.18. The molecule has 2 atom stereocenters. The van der Waals surface area contributed by atoms with Crippen molar-refractivity contribution in [1.82, 2.24) is 10.2 Å². The van der Waals surface area contributed by atoms with Gasteiger partial charge in [0.05, 0.1) is 7.11 Å². The van der Waals surface area contributed by atoms with Gasteiger partial charge in [-0.25, -0.2) is 0 Å². The number of carbonyl (C=O) groups excluding carboxylic acids is 1. The van der Waals surface area contributed by atoms with Crippen LogP contribution >= 0.6 is 24.0 Å². The van der Waals surface area contributed by atoms with Gasteiger partial charge in [0.2, 0.25) is 5.91 Å². The Balaban J connectivity index is 0.00000210. The first-order valence-corrected chi connectivity index (χ1v) is 10.3. The van der Waals surface area contributed by atoms with E-state index in [9.17, 15) is 4.79 Å². The van der Waals surface area contributed by atoms with E-state index >= 15 is 0 Å². The summed E-state index contributed by atoms with van der Waals surface area (Å²) in [5.41, 5.74) is 1.48. The van der Waals surface area contributed by atoms with Gasteiger partial charge in [-0.05, 0) is 86.7 Å². The summed E-state index contributed by atoms with van der Waals surface area (Å²) in [5, 5.41) is 4.17. The van der Waals surface area contributed by atoms with Gasteiger partial charge in [0.1, 0.15) is 5.75 Å². The Kier molecular flexibility index (Phi) is 6.60. The third-order valence-electron chi connectivity index (χ3n) is 6.67. The number of hydrogen-bond acceptors (Lipinski definition) is 3. The molecule has 2 saturated heterocycles. The first-order chi connectivity index (χ1) is 12.6. The highest BCUT2D eigenvalue weighted by molar-refractivity contribution is 6.30. The first kappa shape index (κ1) is 20.8. The zero-order chi connectivity index (χ0) is 18.1. The van der Waals surface area contributed by atoms with E-state index in [1.807, 2.05) is 18.2 Å². The lowest BCUT2D eigenvalue weighted by Crippen LogP contribution is -2.42. The van der Waals surface area contributed by atoms with E-state index in [1.165, 1.54) is 19.3 Å². The molecule has 6 heteroatoms. The monoisotopic (exact) mass is 412 g/mol. The van der Waals surface area contributed by atoms with Crippen LogP contribution in [-0.2, 0) is 11.2 Å². The lowest BCUT2D eigenvalue weighted by molar-refractivity contribution is -0.135. The molecule has 150 valence electrons. The van der Waals surface area contributed by atoms with Crippen molar-refractivity contribution in [2.75, 3.05) is 33.3 Å². The molecule has 4 rings (SSSR count). The number of piperidine rings is 2. The van der Waals surface area contributed by atoms with Crippen LogP contribution in [0.25, 0.3) is 0 Å². The highest BCUT2D eigenvalue weighted by Crippen LogP contribution is 2.59. The molecule has 1 aromatic rings. The van der Waals surface area contributed by atoms with Crippen LogP contribution in [0.1, 0.15) is 37.7 Å². The predicted octanol–water partition coefficient (Wildman–Crippen LogP) is 3.94. The zero-order valence-electron chi connectivity index (χ0n) is 16.0. The molecule has 2 aliphatic heterocycles. The Labute approximate surface area is 173 Å². The van der Waals surface area contributed by atoms with Crippen LogP contribution in [0.5, 0.6) is 5.75 Å². The average Bonchev–Trinajstić information content (AvgIpc) is 3.35. The number of nitrogens with one attached hydrogen (secondary N) is 1. The maximum Gasteiger partial charge on any atom is 0.226 e. The molecule has 2 unspecified atom stereocenters. The fourth-order valence-corrected chi connectivity index (χ4v) is 5.24. The largest absolute Gasteiger partial charge is 0.496 e. The summed E-state index contributed by atoms with van der Waals surface area (Å²) in [5.74, 6) is 2.08. The molecular weight excluding hydrogens is 383 g/mol. The Morgan fingerprint density at radius 2 is 2.15 bits per heavy atom. The van der Waals surface area contributed by atoms with Crippen LogP contribution in [0, 0.1) is 17.3 Å². The van der Waals surface area contributed by atoms with E-state index in [0.29, 0.717) is 17.2 Å². The summed E-state index contributed by atoms with van der Waals surface area (Å²) in [6, 6.07) is 5.81. The Morgan fingerprint density at radius 1 is 1.37 bits per heavy atom. The van der Waals surface area contributed by atoms with Crippen LogP contribution in [-0.4, -0.2) is 44.1 Å². The Bertz CT molecular complexity index is 676. The average molecular weight is 413 g/mol. The van der Waals surface area contributed by atoms with E-state index in [4.69, 9.17) is 16.3 Å². The molecule has 1 spiro atoms. The van der Waals surface area contributed by atoms with Crippen molar-refractivity contribution in [3.63, 3.8) is 0 Å². The zero-order valence-corrected chi connectivity index (χ0v) is 17.6. The molecular formula is C21H30Cl2N2O2. The van der Waals surface area contributed by atoms with Crippen LogP contribution in [0.3, 0.4) is 0 Å². The number of rotatable bonds is 4. The topological polar surface area (TPSA) is 41.6 Å². The normalized spacial score (nSPS) is 26.4. The number of likely N-dealkylation sites (tertiary alicyclic amines) is 1. The molecule has 1 amide bonds. The number of carbonyl (C=O) groups is 1. The summed E-state index contributed by atoms with van der Waals surface area (Å²) in [4.78, 5) is 15.2. The maximum absolute atomic E-state index is 13.1. The number of methoxy groups -OCH3 is 1. The minimum Gasteiger partial charge on any atom is -0.496 e. The molecule has 27 heavy (non-hydrogen) atoms. The predicted molar refractivity (Wildman–Crippen MR) is 111 cm³/mol. The van der Waals surface area contributed by atoms with Crippen molar-refractivity contribution in [2.24, 2.45) is 17.3 Å². The van der Waals surface area contributed by atoms with Crippen LogP contribution in [0.15, 0.2) is 18.2 Å². The van der Waals surface area contributed by atoms with Gasteiger partial charge in [0, 0.05) is 24.0 Å². The molecule has 1 saturated carbocycles. The van der Waals surface area contributed by atoms with Crippen molar-refractivity contribution < 1.29 is 9.53 Å². The number of amides is 1. The second-order valence-corrected chi connectivity index (χ2v) is 8.76. The molecule has 0 radical (unpaired) electrons. The van der Waals surface area contributed by atoms with Gasteiger partial charge in [-0.2, -0.15) is 0 Å². The van der Waals surface area contributed by atoms with Gasteiger partial charge >= 0.3 is 0 Å². The second kappa shape index (κ2) is 8.59. The Hall–Kier alpha value is -0.970. The SMILES string of the molecule is COc1ccc(Cl)cc1CC1CCCN(C(=O)C2CC23CCNCC3)C1.Cl. The highest BCUT2D eigenvalue weighted by atomic mass is 35.5. The molecule has 2 heterocycles. The van der Waals surface area contributed by atoms with Crippen molar-refractivity contribution in [3.8, 4) is 5.75 Å². The van der Waals surface area contributed by atoms with Gasteiger partial charge in [-0.1, -0.05) is 11.6 Å². The number of nitrogens with zero attached hydrogens (tertiary/aromatic N) is 1. The fraction of sp³-hybridized carbons (Fsp3) is 0.667. The van der Waals surface area contributed by atoms with Gasteiger partial charge < -0.3 is 15.0 Å². The lowest BCUT2D eigenvalue weighted by atomic mass is 9.89. The van der Waals surface area contributed by atoms with E-state index in [-0.39, 0.29) is 18.3 Å². The minimum atomic E-state index is 0. The third-order valence-corrected chi connectivity index (χ3v) is 6.90. The lowest BCUT2D eigenvalue weighted by Gasteiger charge is -2.34. The minimum absolute atomic E-state index is 0. The van der Waals surface area contributed by atoms with Crippen LogP contribution < -0.4 is 10.1 Å². The molecule has 3 aliphatic rings. The highest BCUT2D eigenvalue weighted by Gasteiger charge is 2.58. The number of benzene rings is 1. The second-order valence-electron chi connectivity index (χ2n) is 8.32. The fourth-order valence-electron chi connectivity index (χ4n) is 5.04. The molecule has 4 nitrogen and oxygen atoms in total. The van der Waals surface area contributed by atoms with Crippen molar-refractivity contribution >= 4 is 29.9 Å². The summed E-state index contributed by atoms with van der Waals surface area (Å²) < 4.78 is 5.49. The van der Waals surface area contributed by atoms with Gasteiger partial charge in [0.15, 0.2) is 0 Å². The van der Waals surface area contributed by atoms with Gasteiger partial charge in [-0.3, -0.25) is 4.79 Å². The van der Waals surface area contributed by atoms with Gasteiger partial charge in [0.25, 0.3) is 0 Å². The summed E-state index contributed by atoms with van der Waals surface area (Å²) in [7, 11) is 1.70. The van der Waals surface area contributed by atoms with Crippen LogP contribution in [0.4, 0.5) is 0 Å². The number of ether oxygens (including phenoxy) is 1. The van der Waals surface area contributed by atoms with Crippen LogP contribution in [0.2, 0.25) is 5.02 Å². The van der Waals surface area contributed by atoms with Crippen molar-refractivity contribution in [1.29, 1.82) is 0 Å². The summed E-state index contributed by atoms with van der Waals surface area (Å²) in [6.45, 7) is 3.94.